The molecule has 0 bridgehead atoms. The second-order valence-electron chi connectivity index (χ2n) is 5.84. The summed E-state index contributed by atoms with van der Waals surface area (Å²) in [6.07, 6.45) is 0. The van der Waals surface area contributed by atoms with Gasteiger partial charge in [-0.25, -0.2) is 4.79 Å². The van der Waals surface area contributed by atoms with E-state index in [1.807, 2.05) is 54.6 Å². The van der Waals surface area contributed by atoms with E-state index in [1.165, 1.54) is 0 Å². The Bertz CT molecular complexity index is 905. The average molecular weight is 335 g/mol. The van der Waals surface area contributed by atoms with Crippen LogP contribution in [0.5, 0.6) is 5.75 Å². The molecule has 0 fully saturated rings. The Morgan fingerprint density at radius 2 is 1.88 bits per heavy atom. The third kappa shape index (κ3) is 2.94. The van der Waals surface area contributed by atoms with Crippen molar-refractivity contribution in [3.63, 3.8) is 0 Å². The normalized spacial score (nSPS) is 15.3. The zero-order chi connectivity index (χ0) is 17.2. The Hall–Kier alpha value is -3.28. The topological polar surface area (TPSA) is 76.4 Å². The van der Waals surface area contributed by atoms with Gasteiger partial charge in [-0.15, -0.1) is 0 Å². The van der Waals surface area contributed by atoms with Gasteiger partial charge in [0.1, 0.15) is 23.7 Å². The second-order valence-corrected chi connectivity index (χ2v) is 5.84. The van der Waals surface area contributed by atoms with Gasteiger partial charge in [-0.05, 0) is 13.0 Å². The molecule has 2 aromatic carbocycles. The summed E-state index contributed by atoms with van der Waals surface area (Å²) in [6.45, 7) is 2.21. The van der Waals surface area contributed by atoms with Gasteiger partial charge in [0.25, 0.3) is 0 Å². The Morgan fingerprint density at radius 3 is 2.72 bits per heavy atom. The largest absolute Gasteiger partial charge is 0.491 e. The number of urea groups is 1. The molecule has 0 spiro atoms. The van der Waals surface area contributed by atoms with Gasteiger partial charge in [0.15, 0.2) is 5.76 Å². The number of carbonyl (C=O) groups excluding carboxylic acids is 1. The van der Waals surface area contributed by atoms with E-state index in [1.54, 1.807) is 6.92 Å². The predicted octanol–water partition coefficient (Wildman–Crippen LogP) is 3.91. The lowest BCUT2D eigenvalue weighted by molar-refractivity contribution is 0.243. The highest BCUT2D eigenvalue weighted by Gasteiger charge is 2.26. The maximum absolute atomic E-state index is 12.5. The van der Waals surface area contributed by atoms with E-state index in [0.29, 0.717) is 23.7 Å². The molecule has 1 aromatic heterocycles. The quantitative estimate of drug-likeness (QED) is 0.761. The fourth-order valence-electron chi connectivity index (χ4n) is 2.89. The molecular weight excluding hydrogens is 318 g/mol. The zero-order valence-corrected chi connectivity index (χ0v) is 13.7. The van der Waals surface area contributed by atoms with Gasteiger partial charge >= 0.3 is 6.03 Å². The number of para-hydroxylation sites is 1. The molecule has 2 heterocycles. The number of aryl methyl sites for hydroxylation is 1. The lowest BCUT2D eigenvalue weighted by atomic mass is 10.1. The average Bonchev–Trinajstić information content (AvgIpc) is 3.20. The van der Waals surface area contributed by atoms with Gasteiger partial charge in [0, 0.05) is 11.1 Å². The van der Waals surface area contributed by atoms with E-state index >= 15 is 0 Å². The number of ether oxygens (including phenoxy) is 1. The number of amides is 2. The van der Waals surface area contributed by atoms with Crippen molar-refractivity contribution in [1.29, 1.82) is 0 Å². The summed E-state index contributed by atoms with van der Waals surface area (Å²) in [4.78, 5) is 12.5. The van der Waals surface area contributed by atoms with Gasteiger partial charge in [0.05, 0.1) is 6.04 Å². The molecule has 2 amide bonds. The molecule has 6 heteroatoms. The SMILES string of the molecule is Cc1noc(-c2ccccc2)c1NC(=O)N[C@H]1COc2ccccc21. The van der Waals surface area contributed by atoms with Crippen molar-refractivity contribution in [2.45, 2.75) is 13.0 Å². The summed E-state index contributed by atoms with van der Waals surface area (Å²) in [5, 5.41) is 9.76. The lowest BCUT2D eigenvalue weighted by Crippen LogP contribution is -2.33. The number of nitrogens with one attached hydrogen (secondary N) is 2. The molecular formula is C19H17N3O3. The Morgan fingerprint density at radius 1 is 1.12 bits per heavy atom. The summed E-state index contributed by atoms with van der Waals surface area (Å²) in [7, 11) is 0. The van der Waals surface area contributed by atoms with Crippen molar-refractivity contribution in [1.82, 2.24) is 10.5 Å². The molecule has 2 N–H and O–H groups in total. The highest BCUT2D eigenvalue weighted by atomic mass is 16.5. The predicted molar refractivity (Wildman–Crippen MR) is 93.5 cm³/mol. The highest BCUT2D eigenvalue weighted by molar-refractivity contribution is 5.94. The molecule has 126 valence electrons. The van der Waals surface area contributed by atoms with Crippen molar-refractivity contribution in [3.05, 3.63) is 65.9 Å². The van der Waals surface area contributed by atoms with E-state index in [9.17, 15) is 4.79 Å². The van der Waals surface area contributed by atoms with Crippen molar-refractivity contribution < 1.29 is 14.1 Å². The molecule has 4 rings (SSSR count). The van der Waals surface area contributed by atoms with Gasteiger partial charge in [-0.1, -0.05) is 53.7 Å². The molecule has 6 nitrogen and oxygen atoms in total. The fraction of sp³-hybridized carbons (Fsp3) is 0.158. The smallest absolute Gasteiger partial charge is 0.320 e. The van der Waals surface area contributed by atoms with E-state index in [2.05, 4.69) is 15.8 Å². The number of nitrogens with zero attached hydrogens (tertiary/aromatic N) is 1. The van der Waals surface area contributed by atoms with E-state index in [-0.39, 0.29) is 12.1 Å². The van der Waals surface area contributed by atoms with Gasteiger partial charge in [-0.2, -0.15) is 0 Å². The maximum atomic E-state index is 12.5. The summed E-state index contributed by atoms with van der Waals surface area (Å²) < 4.78 is 11.0. The molecule has 0 aliphatic carbocycles. The number of aromatic nitrogens is 1. The van der Waals surface area contributed by atoms with Crippen LogP contribution >= 0.6 is 0 Å². The van der Waals surface area contributed by atoms with Crippen molar-refractivity contribution in [3.8, 4) is 17.1 Å². The lowest BCUT2D eigenvalue weighted by Gasteiger charge is -2.13. The third-order valence-electron chi connectivity index (χ3n) is 4.14. The van der Waals surface area contributed by atoms with Crippen LogP contribution in [-0.4, -0.2) is 17.8 Å². The minimum atomic E-state index is -0.325. The molecule has 1 aliphatic rings. The second kappa shape index (κ2) is 6.32. The number of anilines is 1. The van der Waals surface area contributed by atoms with Crippen molar-refractivity contribution in [2.24, 2.45) is 0 Å². The van der Waals surface area contributed by atoms with E-state index in [4.69, 9.17) is 9.26 Å². The summed E-state index contributed by atoms with van der Waals surface area (Å²) in [5.41, 5.74) is 3.02. The molecule has 0 saturated carbocycles. The van der Waals surface area contributed by atoms with Crippen molar-refractivity contribution in [2.75, 3.05) is 11.9 Å². The number of hydrogen-bond acceptors (Lipinski definition) is 4. The third-order valence-corrected chi connectivity index (χ3v) is 4.14. The number of rotatable bonds is 3. The number of benzene rings is 2. The van der Waals surface area contributed by atoms with Crippen LogP contribution in [0.3, 0.4) is 0 Å². The molecule has 1 aliphatic heterocycles. The summed E-state index contributed by atoms with van der Waals surface area (Å²) >= 11 is 0. The zero-order valence-electron chi connectivity index (χ0n) is 13.7. The Balaban J connectivity index is 1.52. The molecule has 1 atom stereocenters. The first-order valence-electron chi connectivity index (χ1n) is 8.03. The highest BCUT2D eigenvalue weighted by Crippen LogP contribution is 2.33. The van der Waals surface area contributed by atoms with Crippen LogP contribution in [0.2, 0.25) is 0 Å². The van der Waals surface area contributed by atoms with Crippen LogP contribution in [0.25, 0.3) is 11.3 Å². The fourth-order valence-corrected chi connectivity index (χ4v) is 2.89. The Labute approximate surface area is 144 Å². The molecule has 25 heavy (non-hydrogen) atoms. The van der Waals surface area contributed by atoms with Crippen molar-refractivity contribution >= 4 is 11.7 Å². The van der Waals surface area contributed by atoms with Gasteiger partial charge in [0.2, 0.25) is 0 Å². The van der Waals surface area contributed by atoms with Crippen LogP contribution < -0.4 is 15.4 Å². The summed E-state index contributed by atoms with van der Waals surface area (Å²) in [5.74, 6) is 1.34. The minimum Gasteiger partial charge on any atom is -0.491 e. The van der Waals surface area contributed by atoms with Crippen LogP contribution in [-0.2, 0) is 0 Å². The number of carbonyl (C=O) groups is 1. The first-order chi connectivity index (χ1) is 12.2. The monoisotopic (exact) mass is 335 g/mol. The molecule has 0 radical (unpaired) electrons. The number of hydrogen-bond donors (Lipinski definition) is 2. The minimum absolute atomic E-state index is 0.184. The molecule has 0 saturated heterocycles. The van der Waals surface area contributed by atoms with Crippen LogP contribution in [0.4, 0.5) is 10.5 Å². The van der Waals surface area contributed by atoms with Crippen LogP contribution in [0, 0.1) is 6.92 Å². The first kappa shape index (κ1) is 15.3. The van der Waals surface area contributed by atoms with Crippen LogP contribution in [0.1, 0.15) is 17.3 Å². The van der Waals surface area contributed by atoms with Crippen LogP contribution in [0.15, 0.2) is 59.1 Å². The Kier molecular flexibility index (Phi) is 3.85. The molecule has 3 aromatic rings. The summed E-state index contributed by atoms with van der Waals surface area (Å²) in [6, 6.07) is 16.7. The maximum Gasteiger partial charge on any atom is 0.320 e. The van der Waals surface area contributed by atoms with Gasteiger partial charge in [-0.3, -0.25) is 0 Å². The first-order valence-corrected chi connectivity index (χ1v) is 8.03. The standard InChI is InChI=1S/C19H17N3O3/c1-12-17(18(25-22-12)13-7-3-2-4-8-13)21-19(23)20-15-11-24-16-10-6-5-9-14(15)16/h2-10,15H,11H2,1H3,(H2,20,21,23)/t15-/m0/s1. The molecule has 0 unspecified atom stereocenters. The van der Waals surface area contributed by atoms with E-state index in [0.717, 1.165) is 16.9 Å². The number of fused-ring (bicyclic) bond motifs is 1. The van der Waals surface area contributed by atoms with Gasteiger partial charge < -0.3 is 19.9 Å². The van der Waals surface area contributed by atoms with E-state index < -0.39 is 0 Å².